The van der Waals surface area contributed by atoms with Gasteiger partial charge in [0.15, 0.2) is 0 Å². The maximum Gasteiger partial charge on any atom is 0.273 e. The quantitative estimate of drug-likeness (QED) is 0.443. The number of nitro benzene ring substituents is 1. The highest BCUT2D eigenvalue weighted by Gasteiger charge is 2.24. The van der Waals surface area contributed by atoms with E-state index in [1.165, 1.54) is 19.2 Å². The number of sulfone groups is 1. The first-order valence-electron chi connectivity index (χ1n) is 8.05. The van der Waals surface area contributed by atoms with Gasteiger partial charge in [0.2, 0.25) is 15.0 Å². The van der Waals surface area contributed by atoms with E-state index in [1.54, 1.807) is 6.07 Å². The smallest absolute Gasteiger partial charge is 0.273 e. The van der Waals surface area contributed by atoms with Gasteiger partial charge in [-0.1, -0.05) is 0 Å². The van der Waals surface area contributed by atoms with Crippen molar-refractivity contribution in [3.05, 3.63) is 55.5 Å². The maximum atomic E-state index is 12.3. The lowest BCUT2D eigenvalue weighted by Crippen LogP contribution is -2.36. The van der Waals surface area contributed by atoms with Gasteiger partial charge in [0.1, 0.15) is 5.75 Å². The number of H-pyrrole nitrogens is 1. The Labute approximate surface area is 154 Å². The molecule has 0 unspecified atom stereocenters. The molecule has 3 rings (SSSR count). The Bertz CT molecular complexity index is 1060. The van der Waals surface area contributed by atoms with Gasteiger partial charge in [0.25, 0.3) is 11.2 Å². The number of methoxy groups -OCH3 is 1. The van der Waals surface area contributed by atoms with Gasteiger partial charge in [-0.05, 0) is 6.07 Å². The highest BCUT2D eigenvalue weighted by atomic mass is 32.2. The average molecular weight is 394 g/mol. The van der Waals surface area contributed by atoms with Gasteiger partial charge in [-0.25, -0.2) is 13.4 Å². The molecule has 144 valence electrons. The number of rotatable bonds is 5. The number of aromatic amines is 1. The van der Waals surface area contributed by atoms with Crippen LogP contribution in [0, 0.1) is 10.1 Å². The zero-order chi connectivity index (χ0) is 19.8. The number of benzene rings is 1. The molecular formula is C16H18N4O6S. The van der Waals surface area contributed by atoms with Crippen LogP contribution in [0.2, 0.25) is 0 Å². The minimum Gasteiger partial charge on any atom is -0.496 e. The van der Waals surface area contributed by atoms with Crippen molar-refractivity contribution < 1.29 is 18.1 Å². The Morgan fingerprint density at radius 1 is 1.41 bits per heavy atom. The van der Waals surface area contributed by atoms with Gasteiger partial charge in [0.05, 0.1) is 29.4 Å². The molecule has 11 heteroatoms. The van der Waals surface area contributed by atoms with Crippen molar-refractivity contribution in [2.75, 3.05) is 19.9 Å². The van der Waals surface area contributed by atoms with Crippen molar-refractivity contribution in [3.8, 4) is 5.75 Å². The van der Waals surface area contributed by atoms with Gasteiger partial charge in [-0.2, -0.15) is 0 Å². The predicted octanol–water partition coefficient (Wildman–Crippen LogP) is 0.649. The lowest BCUT2D eigenvalue weighted by atomic mass is 10.1. The van der Waals surface area contributed by atoms with E-state index in [0.717, 1.165) is 11.8 Å². The van der Waals surface area contributed by atoms with Crippen LogP contribution in [0.15, 0.2) is 28.2 Å². The van der Waals surface area contributed by atoms with E-state index in [0.29, 0.717) is 43.1 Å². The average Bonchev–Trinajstić information content (AvgIpc) is 2.61. The first-order chi connectivity index (χ1) is 12.7. The summed E-state index contributed by atoms with van der Waals surface area (Å²) in [6.07, 6.45) is 1.42. The summed E-state index contributed by atoms with van der Waals surface area (Å²) in [5.74, 6) is 0.398. The van der Waals surface area contributed by atoms with E-state index < -0.39 is 20.3 Å². The molecule has 1 N–H and O–H groups in total. The van der Waals surface area contributed by atoms with Crippen LogP contribution >= 0.6 is 0 Å². The Balaban J connectivity index is 1.85. The minimum absolute atomic E-state index is 0.0615. The lowest BCUT2D eigenvalue weighted by Gasteiger charge is -2.28. The third-order valence-electron chi connectivity index (χ3n) is 4.35. The number of non-ortho nitro benzene ring substituents is 1. The maximum absolute atomic E-state index is 12.3. The molecule has 1 aliphatic rings. The van der Waals surface area contributed by atoms with Crippen molar-refractivity contribution in [2.45, 2.75) is 24.7 Å². The van der Waals surface area contributed by atoms with Crippen LogP contribution in [0.3, 0.4) is 0 Å². The molecule has 1 aliphatic heterocycles. The van der Waals surface area contributed by atoms with E-state index in [2.05, 4.69) is 9.97 Å². The molecule has 1 aromatic carbocycles. The lowest BCUT2D eigenvalue weighted by molar-refractivity contribution is -0.384. The van der Waals surface area contributed by atoms with Gasteiger partial charge in [-0.15, -0.1) is 0 Å². The molecule has 2 heterocycles. The van der Waals surface area contributed by atoms with Gasteiger partial charge < -0.3 is 4.74 Å². The van der Waals surface area contributed by atoms with Gasteiger partial charge in [0, 0.05) is 43.9 Å². The monoisotopic (exact) mass is 394 g/mol. The third-order valence-corrected chi connectivity index (χ3v) is 5.25. The van der Waals surface area contributed by atoms with Crippen molar-refractivity contribution in [2.24, 2.45) is 0 Å². The van der Waals surface area contributed by atoms with E-state index in [9.17, 15) is 23.3 Å². The summed E-state index contributed by atoms with van der Waals surface area (Å²) in [7, 11) is -2.15. The second-order valence-corrected chi connectivity index (χ2v) is 8.21. The van der Waals surface area contributed by atoms with Crippen LogP contribution in [-0.4, -0.2) is 48.1 Å². The van der Waals surface area contributed by atoms with Crippen LogP contribution in [0.4, 0.5) is 5.69 Å². The van der Waals surface area contributed by atoms with Crippen LogP contribution in [0.5, 0.6) is 5.75 Å². The fourth-order valence-corrected chi connectivity index (χ4v) is 3.54. The van der Waals surface area contributed by atoms with Crippen LogP contribution in [0.1, 0.15) is 16.8 Å². The van der Waals surface area contributed by atoms with Crippen molar-refractivity contribution in [1.29, 1.82) is 0 Å². The van der Waals surface area contributed by atoms with Crippen molar-refractivity contribution in [1.82, 2.24) is 14.9 Å². The van der Waals surface area contributed by atoms with Crippen molar-refractivity contribution >= 4 is 15.5 Å². The summed E-state index contributed by atoms with van der Waals surface area (Å²) < 4.78 is 28.5. The topological polar surface area (TPSA) is 135 Å². The van der Waals surface area contributed by atoms with Crippen LogP contribution < -0.4 is 10.3 Å². The standard InChI is InChI=1S/C16H18N4O6S/c1-26-14-7-11(20(22)23)4-3-10(14)8-19-6-5-13-12(9-19)15(21)18-16(17-13)27(2,24)25/h3-4,7H,5-6,8-9H2,1-2H3,(H,17,18,21). The zero-order valence-electron chi connectivity index (χ0n) is 14.8. The molecule has 0 fully saturated rings. The molecule has 0 radical (unpaired) electrons. The highest BCUT2D eigenvalue weighted by Crippen LogP contribution is 2.27. The molecule has 0 bridgehead atoms. The predicted molar refractivity (Wildman–Crippen MR) is 95.4 cm³/mol. The number of fused-ring (bicyclic) bond motifs is 1. The molecule has 0 saturated heterocycles. The molecule has 0 aliphatic carbocycles. The normalized spacial score (nSPS) is 14.6. The highest BCUT2D eigenvalue weighted by molar-refractivity contribution is 7.90. The summed E-state index contributed by atoms with van der Waals surface area (Å²) in [6.45, 7) is 1.28. The minimum atomic E-state index is -3.59. The van der Waals surface area contributed by atoms with Crippen LogP contribution in [0.25, 0.3) is 0 Å². The second-order valence-electron chi connectivity index (χ2n) is 6.28. The summed E-state index contributed by atoms with van der Waals surface area (Å²) in [6, 6.07) is 4.39. The molecule has 0 saturated carbocycles. The third kappa shape index (κ3) is 3.98. The van der Waals surface area contributed by atoms with E-state index in [1.807, 2.05) is 4.90 Å². The number of nitrogens with zero attached hydrogens (tertiary/aromatic N) is 3. The SMILES string of the molecule is COc1cc([N+](=O)[O-])ccc1CN1CCc2nc(S(C)(=O)=O)[nH]c(=O)c2C1. The number of nitro groups is 1. The number of nitrogens with one attached hydrogen (secondary N) is 1. The summed E-state index contributed by atoms with van der Waals surface area (Å²) in [5, 5.41) is 10.6. The fraction of sp³-hybridized carbons (Fsp3) is 0.375. The molecule has 1 aromatic heterocycles. The number of hydrogen-bond donors (Lipinski definition) is 1. The molecule has 0 atom stereocenters. The van der Waals surface area contributed by atoms with E-state index in [4.69, 9.17) is 4.74 Å². The largest absolute Gasteiger partial charge is 0.496 e. The summed E-state index contributed by atoms with van der Waals surface area (Å²) in [5.41, 5.74) is 1.12. The Morgan fingerprint density at radius 3 is 2.78 bits per heavy atom. The molecule has 0 spiro atoms. The fourth-order valence-electron chi connectivity index (χ4n) is 2.99. The van der Waals surface area contributed by atoms with Crippen molar-refractivity contribution in [3.63, 3.8) is 0 Å². The molecule has 2 aromatic rings. The summed E-state index contributed by atoms with van der Waals surface area (Å²) in [4.78, 5) is 31.1. The summed E-state index contributed by atoms with van der Waals surface area (Å²) >= 11 is 0. The Morgan fingerprint density at radius 2 is 2.15 bits per heavy atom. The Kier molecular flexibility index (Phi) is 4.98. The van der Waals surface area contributed by atoms with Gasteiger partial charge >= 0.3 is 0 Å². The Hall–Kier alpha value is -2.79. The first kappa shape index (κ1) is 19.0. The first-order valence-corrected chi connectivity index (χ1v) is 9.94. The van der Waals surface area contributed by atoms with Gasteiger partial charge in [-0.3, -0.25) is 24.8 Å². The van der Waals surface area contributed by atoms with E-state index in [-0.39, 0.29) is 10.8 Å². The second kappa shape index (κ2) is 7.08. The molecule has 0 amide bonds. The molecule has 27 heavy (non-hydrogen) atoms. The molecule has 10 nitrogen and oxygen atoms in total. The number of hydrogen-bond acceptors (Lipinski definition) is 8. The van der Waals surface area contributed by atoms with E-state index >= 15 is 0 Å². The molecular weight excluding hydrogens is 376 g/mol. The number of aromatic nitrogens is 2. The number of ether oxygens (including phenoxy) is 1. The zero-order valence-corrected chi connectivity index (χ0v) is 15.6. The van der Waals surface area contributed by atoms with Crippen LogP contribution in [-0.2, 0) is 29.3 Å².